The predicted octanol–water partition coefficient (Wildman–Crippen LogP) is 0.542. The molecule has 0 saturated carbocycles. The van der Waals surface area contributed by atoms with Crippen LogP contribution in [-0.2, 0) is 38.4 Å². The topological polar surface area (TPSA) is 95.5 Å². The fourth-order valence-corrected chi connectivity index (χ4v) is 2.70. The summed E-state index contributed by atoms with van der Waals surface area (Å²) in [4.78, 5) is 35.5. The van der Waals surface area contributed by atoms with Crippen LogP contribution >= 0.6 is 0 Å². The second kappa shape index (κ2) is 8.47. The van der Waals surface area contributed by atoms with Crippen LogP contribution in [0.4, 0.5) is 0 Å². The number of hydrogen-bond acceptors (Lipinski definition) is 5. The van der Waals surface area contributed by atoms with Gasteiger partial charge in [0.15, 0.2) is 5.54 Å². The molecule has 132 valence electrons. The fraction of sp³-hybridized carbons (Fsp3) is 0.500. The zero-order valence-electron chi connectivity index (χ0n) is 14.6. The van der Waals surface area contributed by atoms with Crippen LogP contribution in [0.3, 0.4) is 0 Å². The number of benzene rings is 1. The van der Waals surface area contributed by atoms with Gasteiger partial charge in [0.05, 0.1) is 12.6 Å². The molecule has 1 aromatic carbocycles. The molecule has 0 aliphatic heterocycles. The molecule has 0 aliphatic rings. The lowest BCUT2D eigenvalue weighted by Crippen LogP contribution is -2.66. The maximum absolute atomic E-state index is 12.3. The zero-order valence-corrected chi connectivity index (χ0v) is 14.6. The van der Waals surface area contributed by atoms with Crippen LogP contribution in [0, 0.1) is 0 Å². The molecule has 0 aromatic heterocycles. The molecule has 6 heteroatoms. The molecule has 0 aliphatic carbocycles. The van der Waals surface area contributed by atoms with Gasteiger partial charge in [-0.25, -0.2) is 4.79 Å². The molecule has 0 fully saturated rings. The molecule has 1 atom stereocenters. The van der Waals surface area contributed by atoms with E-state index in [-0.39, 0.29) is 13.0 Å². The number of esters is 1. The van der Waals surface area contributed by atoms with Crippen LogP contribution in [0.25, 0.3) is 0 Å². The average molecular weight is 334 g/mol. The molecule has 0 heterocycles. The molecule has 0 spiro atoms. The Balaban J connectivity index is 3.32. The van der Waals surface area contributed by atoms with Crippen molar-refractivity contribution < 1.29 is 24.2 Å². The van der Waals surface area contributed by atoms with Crippen LogP contribution in [-0.4, -0.2) is 30.0 Å². The quantitative estimate of drug-likeness (QED) is 0.553. The molecular weight excluding hydrogens is 310 g/mol. The first-order valence-electron chi connectivity index (χ1n) is 8.08. The van der Waals surface area contributed by atoms with Crippen molar-refractivity contribution in [2.24, 2.45) is 0 Å². The van der Waals surface area contributed by atoms with Gasteiger partial charge in [0.25, 0.3) is 0 Å². The normalized spacial score (nSPS) is 13.0. The van der Waals surface area contributed by atoms with E-state index in [1.807, 2.05) is 26.0 Å². The highest BCUT2D eigenvalue weighted by Crippen LogP contribution is 2.20. The summed E-state index contributed by atoms with van der Waals surface area (Å²) in [6.07, 6.45) is 1.41. The summed E-state index contributed by atoms with van der Waals surface area (Å²) in [6.45, 7) is 6.76. The molecule has 1 aromatic rings. The van der Waals surface area contributed by atoms with E-state index < -0.39 is 23.4 Å². The number of hydrogen-bond donors (Lipinski definition) is 1. The van der Waals surface area contributed by atoms with Crippen LogP contribution in [0.2, 0.25) is 0 Å². The van der Waals surface area contributed by atoms with E-state index in [2.05, 4.69) is 5.32 Å². The highest BCUT2D eigenvalue weighted by Gasteiger charge is 2.43. The molecular formula is C18H24NO5-. The number of nitrogens with one attached hydrogen (secondary N) is 1. The van der Waals surface area contributed by atoms with Crippen molar-refractivity contribution in [3.63, 3.8) is 0 Å². The Labute approximate surface area is 142 Å². The number of aliphatic carboxylic acids is 1. The summed E-state index contributed by atoms with van der Waals surface area (Å²) in [7, 11) is 0. The summed E-state index contributed by atoms with van der Waals surface area (Å²) < 4.78 is 4.87. The lowest BCUT2D eigenvalue weighted by molar-refractivity contribution is -0.313. The predicted molar refractivity (Wildman–Crippen MR) is 87.1 cm³/mol. The molecule has 1 N–H and O–H groups in total. The minimum atomic E-state index is -2.24. The zero-order chi connectivity index (χ0) is 18.3. The lowest BCUT2D eigenvalue weighted by Gasteiger charge is -2.33. The van der Waals surface area contributed by atoms with Gasteiger partial charge in [-0.1, -0.05) is 32.0 Å². The summed E-state index contributed by atoms with van der Waals surface area (Å²) in [5, 5.41) is 13.9. The first kappa shape index (κ1) is 19.7. The second-order valence-corrected chi connectivity index (χ2v) is 5.58. The fourth-order valence-electron chi connectivity index (χ4n) is 2.70. The van der Waals surface area contributed by atoms with Crippen molar-refractivity contribution in [3.8, 4) is 0 Å². The summed E-state index contributed by atoms with van der Waals surface area (Å²) in [5.74, 6) is -3.36. The minimum Gasteiger partial charge on any atom is -0.547 e. The van der Waals surface area contributed by atoms with Gasteiger partial charge in [0.1, 0.15) is 0 Å². The van der Waals surface area contributed by atoms with Gasteiger partial charge in [-0.2, -0.15) is 0 Å². The third-order valence-electron chi connectivity index (χ3n) is 3.86. The Morgan fingerprint density at radius 1 is 1.12 bits per heavy atom. The highest BCUT2D eigenvalue weighted by molar-refractivity contribution is 6.06. The lowest BCUT2D eigenvalue weighted by atomic mass is 9.88. The van der Waals surface area contributed by atoms with Crippen molar-refractivity contribution >= 4 is 17.8 Å². The largest absolute Gasteiger partial charge is 0.547 e. The number of amides is 1. The van der Waals surface area contributed by atoms with Gasteiger partial charge >= 0.3 is 5.97 Å². The summed E-state index contributed by atoms with van der Waals surface area (Å²) in [6, 6.07) is 5.53. The number of carboxylic acid groups (broad SMARTS) is 1. The number of rotatable bonds is 8. The minimum absolute atomic E-state index is 0.00241. The maximum Gasteiger partial charge on any atom is 0.338 e. The Hall–Kier alpha value is -2.37. The molecule has 1 amide bonds. The highest BCUT2D eigenvalue weighted by atomic mass is 16.5. The van der Waals surface area contributed by atoms with Crippen LogP contribution in [0.15, 0.2) is 18.2 Å². The van der Waals surface area contributed by atoms with E-state index in [9.17, 15) is 19.5 Å². The maximum atomic E-state index is 12.3. The Morgan fingerprint density at radius 3 is 2.21 bits per heavy atom. The van der Waals surface area contributed by atoms with Crippen molar-refractivity contribution in [2.45, 2.75) is 52.5 Å². The van der Waals surface area contributed by atoms with Crippen molar-refractivity contribution in [1.29, 1.82) is 0 Å². The third-order valence-corrected chi connectivity index (χ3v) is 3.86. The van der Waals surface area contributed by atoms with E-state index in [0.29, 0.717) is 5.56 Å². The number of carbonyl (C=O) groups is 3. The van der Waals surface area contributed by atoms with Gasteiger partial charge in [-0.15, -0.1) is 0 Å². The number of carboxylic acids is 1. The van der Waals surface area contributed by atoms with E-state index in [1.54, 1.807) is 13.0 Å². The van der Waals surface area contributed by atoms with E-state index in [1.165, 1.54) is 0 Å². The Morgan fingerprint density at radius 2 is 1.75 bits per heavy atom. The van der Waals surface area contributed by atoms with Crippen molar-refractivity contribution in [3.05, 3.63) is 34.9 Å². The molecule has 0 radical (unpaired) electrons. The van der Waals surface area contributed by atoms with Gasteiger partial charge in [-0.05, 0) is 36.5 Å². The van der Waals surface area contributed by atoms with Crippen molar-refractivity contribution in [1.82, 2.24) is 5.32 Å². The third kappa shape index (κ3) is 4.34. The van der Waals surface area contributed by atoms with Gasteiger partial charge in [0.2, 0.25) is 5.91 Å². The number of aryl methyl sites for hydroxylation is 2. The monoisotopic (exact) mass is 334 g/mol. The average Bonchev–Trinajstić information content (AvgIpc) is 2.53. The first-order valence-corrected chi connectivity index (χ1v) is 8.08. The van der Waals surface area contributed by atoms with Crippen LogP contribution in [0.5, 0.6) is 0 Å². The molecule has 6 nitrogen and oxygen atoms in total. The van der Waals surface area contributed by atoms with Gasteiger partial charge < -0.3 is 20.0 Å². The molecule has 0 saturated heterocycles. The van der Waals surface area contributed by atoms with Gasteiger partial charge in [0, 0.05) is 13.3 Å². The summed E-state index contributed by atoms with van der Waals surface area (Å²) in [5.41, 5.74) is 0.626. The molecule has 1 rings (SSSR count). The first-order chi connectivity index (χ1) is 11.3. The van der Waals surface area contributed by atoms with Crippen LogP contribution < -0.4 is 10.4 Å². The molecule has 24 heavy (non-hydrogen) atoms. The van der Waals surface area contributed by atoms with Crippen molar-refractivity contribution in [2.75, 3.05) is 6.61 Å². The molecule has 1 unspecified atom stereocenters. The van der Waals surface area contributed by atoms with Crippen LogP contribution in [0.1, 0.15) is 44.4 Å². The Bertz CT molecular complexity index is 626. The SMILES string of the molecule is CCOC(=O)C(Cc1ccc(CC)c(CC)c1)(NC(C)=O)C(=O)[O-]. The number of ether oxygens (including phenoxy) is 1. The van der Waals surface area contributed by atoms with E-state index in [4.69, 9.17) is 4.74 Å². The summed E-state index contributed by atoms with van der Waals surface area (Å²) >= 11 is 0. The smallest absolute Gasteiger partial charge is 0.338 e. The standard InChI is InChI=1S/C18H25NO5/c1-5-14-9-8-13(10-15(14)6-2)11-18(16(21)22,19-12(4)20)17(23)24-7-3/h8-10H,5-7,11H2,1-4H3,(H,19,20)(H,21,22)/p-1. The number of carbonyl (C=O) groups excluding carboxylic acids is 3. The van der Waals surface area contributed by atoms with E-state index in [0.717, 1.165) is 30.9 Å². The van der Waals surface area contributed by atoms with E-state index >= 15 is 0 Å². The van der Waals surface area contributed by atoms with Gasteiger partial charge in [-0.3, -0.25) is 4.79 Å². The second-order valence-electron chi connectivity index (χ2n) is 5.58. The Kier molecular flexibility index (Phi) is 6.95. The molecule has 0 bridgehead atoms.